The first-order chi connectivity index (χ1) is 7.08. The summed E-state index contributed by atoms with van der Waals surface area (Å²) in [6, 6.07) is 9.53. The molecule has 1 aromatic rings. The fourth-order valence-corrected chi connectivity index (χ4v) is 1.77. The smallest absolute Gasteiger partial charge is 0.292 e. The Kier molecular flexibility index (Phi) is 6.30. The van der Waals surface area contributed by atoms with E-state index in [9.17, 15) is 4.57 Å². The van der Waals surface area contributed by atoms with Gasteiger partial charge in [-0.1, -0.05) is 32.0 Å². The first kappa shape index (κ1) is 14.2. The van der Waals surface area contributed by atoms with Gasteiger partial charge in [0.15, 0.2) is 0 Å². The van der Waals surface area contributed by atoms with Crippen molar-refractivity contribution in [1.29, 1.82) is 0 Å². The van der Waals surface area contributed by atoms with Crippen LogP contribution in [-0.2, 0) is 9.09 Å². The number of para-hydroxylation sites is 1. The van der Waals surface area contributed by atoms with Gasteiger partial charge in [-0.15, -0.1) is 0 Å². The zero-order valence-corrected chi connectivity index (χ0v) is 11.0. The van der Waals surface area contributed by atoms with Gasteiger partial charge in [0.2, 0.25) is 0 Å². The minimum atomic E-state index is -2.65. The van der Waals surface area contributed by atoms with Crippen molar-refractivity contribution in [2.24, 2.45) is 0 Å². The molecule has 0 fully saturated rings. The van der Waals surface area contributed by atoms with Gasteiger partial charge in [-0.25, -0.2) is 0 Å². The number of hydrogen-bond acceptors (Lipinski definition) is 2. The summed E-state index contributed by atoms with van der Waals surface area (Å²) >= 11 is 0. The van der Waals surface area contributed by atoms with E-state index in [1.165, 1.54) is 7.11 Å². The standard InChI is InChI=1S/C9H14NO2P.C2H6/c1-10(13(3,11)12-2)9-7-5-4-6-8-9;1-2/h4-8H,1-3H3;1-2H3. The van der Waals surface area contributed by atoms with Crippen molar-refractivity contribution >= 4 is 13.2 Å². The Hall–Kier alpha value is -0.790. The van der Waals surface area contributed by atoms with Gasteiger partial charge < -0.3 is 9.19 Å². The second kappa shape index (κ2) is 6.65. The fraction of sp³-hybridized carbons (Fsp3) is 0.455. The van der Waals surface area contributed by atoms with E-state index >= 15 is 0 Å². The molecule has 0 N–H and O–H groups in total. The van der Waals surface area contributed by atoms with Gasteiger partial charge in [-0.3, -0.25) is 4.57 Å². The second-order valence-electron chi connectivity index (χ2n) is 2.84. The molecule has 0 aromatic heterocycles. The topological polar surface area (TPSA) is 29.5 Å². The maximum absolute atomic E-state index is 11.8. The molecule has 3 nitrogen and oxygen atoms in total. The molecule has 1 unspecified atom stereocenters. The summed E-state index contributed by atoms with van der Waals surface area (Å²) < 4.78 is 18.4. The summed E-state index contributed by atoms with van der Waals surface area (Å²) in [5.74, 6) is 0. The van der Waals surface area contributed by atoms with Crippen LogP contribution in [0.4, 0.5) is 5.69 Å². The van der Waals surface area contributed by atoms with Gasteiger partial charge >= 0.3 is 0 Å². The van der Waals surface area contributed by atoms with Crippen molar-refractivity contribution in [3.05, 3.63) is 30.3 Å². The molecule has 0 amide bonds. The van der Waals surface area contributed by atoms with Crippen LogP contribution < -0.4 is 4.67 Å². The van der Waals surface area contributed by atoms with E-state index in [1.54, 1.807) is 18.4 Å². The predicted octanol–water partition coefficient (Wildman–Crippen LogP) is 3.62. The summed E-state index contributed by atoms with van der Waals surface area (Å²) in [6.45, 7) is 5.60. The Morgan fingerprint density at radius 1 is 1.20 bits per heavy atom. The van der Waals surface area contributed by atoms with Crippen molar-refractivity contribution in [1.82, 2.24) is 0 Å². The highest BCUT2D eigenvalue weighted by molar-refractivity contribution is 7.59. The molecule has 0 radical (unpaired) electrons. The van der Waals surface area contributed by atoms with E-state index in [-0.39, 0.29) is 0 Å². The summed E-state index contributed by atoms with van der Waals surface area (Å²) in [4.78, 5) is 0. The lowest BCUT2D eigenvalue weighted by molar-refractivity contribution is 0.397. The molecule has 1 rings (SSSR count). The van der Waals surface area contributed by atoms with Crippen LogP contribution in [0.2, 0.25) is 0 Å². The van der Waals surface area contributed by atoms with Crippen molar-refractivity contribution in [3.63, 3.8) is 0 Å². The van der Waals surface area contributed by atoms with Gasteiger partial charge in [-0.2, -0.15) is 0 Å². The van der Waals surface area contributed by atoms with Gasteiger partial charge in [0, 0.05) is 26.5 Å². The predicted molar refractivity (Wildman–Crippen MR) is 66.7 cm³/mol. The van der Waals surface area contributed by atoms with Crippen LogP contribution in [0.15, 0.2) is 30.3 Å². The van der Waals surface area contributed by atoms with Crippen LogP contribution in [0.1, 0.15) is 13.8 Å². The number of benzene rings is 1. The molecule has 4 heteroatoms. The Balaban J connectivity index is 0.000000921. The zero-order valence-electron chi connectivity index (χ0n) is 10.1. The highest BCUT2D eigenvalue weighted by atomic mass is 31.2. The Morgan fingerprint density at radius 2 is 1.67 bits per heavy atom. The van der Waals surface area contributed by atoms with Crippen LogP contribution in [0.5, 0.6) is 0 Å². The summed E-state index contributed by atoms with van der Waals surface area (Å²) in [6.07, 6.45) is 0. The second-order valence-corrected chi connectivity index (χ2v) is 5.42. The number of rotatable bonds is 3. The lowest BCUT2D eigenvalue weighted by Gasteiger charge is -2.24. The van der Waals surface area contributed by atoms with E-state index in [4.69, 9.17) is 4.52 Å². The minimum absolute atomic E-state index is 0.898. The van der Waals surface area contributed by atoms with Gasteiger partial charge in [0.25, 0.3) is 7.52 Å². The third kappa shape index (κ3) is 4.06. The molecule has 15 heavy (non-hydrogen) atoms. The van der Waals surface area contributed by atoms with E-state index < -0.39 is 7.52 Å². The SMILES string of the molecule is CC.COP(C)(=O)N(C)c1ccccc1. The highest BCUT2D eigenvalue weighted by Crippen LogP contribution is 2.47. The molecular weight excluding hydrogens is 209 g/mol. The molecule has 1 aromatic carbocycles. The Bertz CT molecular complexity index is 314. The fourth-order valence-electron chi connectivity index (χ4n) is 0.976. The van der Waals surface area contributed by atoms with Crippen LogP contribution in [0.25, 0.3) is 0 Å². The third-order valence-electron chi connectivity index (χ3n) is 2.01. The van der Waals surface area contributed by atoms with Crippen LogP contribution >= 0.6 is 7.52 Å². The summed E-state index contributed by atoms with van der Waals surface area (Å²) in [5.41, 5.74) is 0.898. The molecule has 86 valence electrons. The first-order valence-corrected chi connectivity index (χ1v) is 7.03. The highest BCUT2D eigenvalue weighted by Gasteiger charge is 2.20. The third-order valence-corrected chi connectivity index (χ3v) is 4.01. The summed E-state index contributed by atoms with van der Waals surface area (Å²) in [5, 5.41) is 0. The van der Waals surface area contributed by atoms with Crippen molar-refractivity contribution in [2.45, 2.75) is 13.8 Å². The molecule has 0 saturated heterocycles. The summed E-state index contributed by atoms with van der Waals surface area (Å²) in [7, 11) is 0.569. The normalized spacial score (nSPS) is 13.4. The van der Waals surface area contributed by atoms with Crippen molar-refractivity contribution in [2.75, 3.05) is 25.5 Å². The lowest BCUT2D eigenvalue weighted by Crippen LogP contribution is -2.13. The molecule has 0 heterocycles. The minimum Gasteiger partial charge on any atom is -0.317 e. The monoisotopic (exact) mass is 229 g/mol. The Labute approximate surface area is 92.6 Å². The molecular formula is C11H20NO2P. The van der Waals surface area contributed by atoms with E-state index in [1.807, 2.05) is 44.2 Å². The van der Waals surface area contributed by atoms with Gasteiger partial charge in [-0.05, 0) is 12.1 Å². The molecule has 1 atom stereocenters. The maximum Gasteiger partial charge on any atom is 0.292 e. The Morgan fingerprint density at radius 3 is 2.07 bits per heavy atom. The zero-order chi connectivity index (χ0) is 11.9. The average molecular weight is 229 g/mol. The number of nitrogens with zero attached hydrogens (tertiary/aromatic N) is 1. The largest absolute Gasteiger partial charge is 0.317 e. The lowest BCUT2D eigenvalue weighted by atomic mass is 10.3. The van der Waals surface area contributed by atoms with Gasteiger partial charge in [0.05, 0.1) is 0 Å². The average Bonchev–Trinajstić information content (AvgIpc) is 2.32. The quantitative estimate of drug-likeness (QED) is 0.741. The van der Waals surface area contributed by atoms with Crippen molar-refractivity contribution < 1.29 is 9.09 Å². The molecule has 0 spiro atoms. The van der Waals surface area contributed by atoms with Crippen LogP contribution in [0.3, 0.4) is 0 Å². The van der Waals surface area contributed by atoms with Crippen molar-refractivity contribution in [3.8, 4) is 0 Å². The molecule has 0 bridgehead atoms. The molecule has 0 saturated carbocycles. The van der Waals surface area contributed by atoms with Crippen LogP contribution in [0, 0.1) is 0 Å². The first-order valence-electron chi connectivity index (χ1n) is 5.00. The molecule has 0 aliphatic carbocycles. The van der Waals surface area contributed by atoms with E-state index in [0.29, 0.717) is 0 Å². The molecule has 0 aliphatic heterocycles. The van der Waals surface area contributed by atoms with Gasteiger partial charge in [0.1, 0.15) is 0 Å². The van der Waals surface area contributed by atoms with Crippen LogP contribution in [-0.4, -0.2) is 20.8 Å². The van der Waals surface area contributed by atoms with E-state index in [0.717, 1.165) is 5.69 Å². The number of anilines is 1. The van der Waals surface area contributed by atoms with E-state index in [2.05, 4.69) is 0 Å². The maximum atomic E-state index is 11.8. The molecule has 0 aliphatic rings. The number of hydrogen-bond donors (Lipinski definition) is 0.